The Kier molecular flexibility index (Phi) is 4.50. The quantitative estimate of drug-likeness (QED) is 0.749. The first-order chi connectivity index (χ1) is 12.6. The van der Waals surface area contributed by atoms with Crippen molar-refractivity contribution in [2.75, 3.05) is 11.9 Å². The van der Waals surface area contributed by atoms with Crippen LogP contribution in [0.2, 0.25) is 0 Å². The fraction of sp³-hybridized carbons (Fsp3) is 0.389. The molecule has 0 radical (unpaired) electrons. The molecule has 1 saturated heterocycles. The third-order valence-corrected chi connectivity index (χ3v) is 4.63. The van der Waals surface area contributed by atoms with Gasteiger partial charge in [0.2, 0.25) is 0 Å². The molecule has 0 saturated carbocycles. The molecule has 4 heterocycles. The fourth-order valence-electron chi connectivity index (χ4n) is 3.34. The first kappa shape index (κ1) is 16.8. The lowest BCUT2D eigenvalue weighted by atomic mass is 10.0. The summed E-state index contributed by atoms with van der Waals surface area (Å²) in [6.07, 6.45) is 3.74. The third-order valence-electron chi connectivity index (χ3n) is 4.63. The average molecular weight is 358 g/mol. The van der Waals surface area contributed by atoms with Gasteiger partial charge in [0.05, 0.1) is 23.8 Å². The largest absolute Gasteiger partial charge is 0.367 e. The number of pyridine rings is 1. The van der Waals surface area contributed by atoms with E-state index in [1.54, 1.807) is 10.6 Å². The Morgan fingerprint density at radius 2 is 2.15 bits per heavy atom. The van der Waals surface area contributed by atoms with Crippen LogP contribution in [0.15, 0.2) is 36.8 Å². The van der Waals surface area contributed by atoms with Crippen molar-refractivity contribution in [1.29, 1.82) is 0 Å². The molecule has 3 aromatic rings. The molecule has 2 atom stereocenters. The number of fused-ring (bicyclic) bond motifs is 1. The number of nitrogens with zero attached hydrogens (tertiary/aromatic N) is 4. The van der Waals surface area contributed by atoms with E-state index in [1.165, 1.54) is 12.4 Å². The molecule has 8 heteroatoms. The van der Waals surface area contributed by atoms with Gasteiger partial charge in [0.1, 0.15) is 11.5 Å². The number of halogens is 2. The molecule has 0 spiro atoms. The van der Waals surface area contributed by atoms with Crippen LogP contribution in [0.3, 0.4) is 0 Å². The average Bonchev–Trinajstić information content (AvgIpc) is 3.05. The maximum atomic E-state index is 13.0. The van der Waals surface area contributed by atoms with Crippen LogP contribution in [0.1, 0.15) is 31.9 Å². The lowest BCUT2D eigenvalue weighted by Gasteiger charge is -2.29. The molecule has 1 fully saturated rings. The van der Waals surface area contributed by atoms with Gasteiger partial charge in [0.15, 0.2) is 5.65 Å². The van der Waals surface area contributed by atoms with E-state index >= 15 is 0 Å². The summed E-state index contributed by atoms with van der Waals surface area (Å²) < 4.78 is 27.5. The molecule has 136 valence electrons. The highest BCUT2D eigenvalue weighted by Crippen LogP contribution is 2.24. The van der Waals surface area contributed by atoms with Gasteiger partial charge >= 0.3 is 0 Å². The minimum atomic E-state index is -2.63. The number of aromatic nitrogens is 4. The molecular formula is C18H20F2N6. The maximum Gasteiger partial charge on any atom is 0.281 e. The van der Waals surface area contributed by atoms with Crippen molar-refractivity contribution in [1.82, 2.24) is 24.7 Å². The first-order valence-electron chi connectivity index (χ1n) is 8.68. The summed E-state index contributed by atoms with van der Waals surface area (Å²) in [4.78, 5) is 12.6. The molecule has 0 bridgehead atoms. The Bertz CT molecular complexity index is 910. The molecule has 0 aliphatic carbocycles. The smallest absolute Gasteiger partial charge is 0.281 e. The van der Waals surface area contributed by atoms with Crippen molar-refractivity contribution in [2.24, 2.45) is 0 Å². The van der Waals surface area contributed by atoms with Gasteiger partial charge < -0.3 is 10.6 Å². The minimum Gasteiger partial charge on any atom is -0.367 e. The summed E-state index contributed by atoms with van der Waals surface area (Å²) in [5.41, 5.74) is 1.56. The highest BCUT2D eigenvalue weighted by Gasteiger charge is 2.19. The second-order valence-electron chi connectivity index (χ2n) is 6.61. The van der Waals surface area contributed by atoms with E-state index in [4.69, 9.17) is 0 Å². The number of alkyl halides is 2. The molecule has 1 aliphatic heterocycles. The van der Waals surface area contributed by atoms with Gasteiger partial charge in [-0.15, -0.1) is 0 Å². The Balaban J connectivity index is 1.64. The molecule has 1 aliphatic rings. The van der Waals surface area contributed by atoms with E-state index in [-0.39, 0.29) is 5.69 Å². The molecule has 3 aromatic heterocycles. The van der Waals surface area contributed by atoms with Gasteiger partial charge in [0, 0.05) is 18.3 Å². The van der Waals surface area contributed by atoms with Crippen molar-refractivity contribution in [3.63, 3.8) is 0 Å². The maximum absolute atomic E-state index is 13.0. The summed E-state index contributed by atoms with van der Waals surface area (Å²) in [5, 5.41) is 6.90. The van der Waals surface area contributed by atoms with Crippen LogP contribution in [-0.2, 0) is 0 Å². The number of anilines is 1. The summed E-state index contributed by atoms with van der Waals surface area (Å²) >= 11 is 0. The summed E-state index contributed by atoms with van der Waals surface area (Å²) in [6, 6.07) is 6.52. The Morgan fingerprint density at radius 1 is 1.27 bits per heavy atom. The van der Waals surface area contributed by atoms with Crippen molar-refractivity contribution in [2.45, 2.75) is 38.3 Å². The summed E-state index contributed by atoms with van der Waals surface area (Å²) in [6.45, 7) is 3.15. The van der Waals surface area contributed by atoms with Crippen LogP contribution in [0.5, 0.6) is 0 Å². The molecule has 2 unspecified atom stereocenters. The van der Waals surface area contributed by atoms with Crippen LogP contribution in [-0.4, -0.2) is 38.0 Å². The topological polar surface area (TPSA) is 67.1 Å². The van der Waals surface area contributed by atoms with Gasteiger partial charge in [-0.25, -0.2) is 23.7 Å². The van der Waals surface area contributed by atoms with E-state index < -0.39 is 6.43 Å². The highest BCUT2D eigenvalue weighted by atomic mass is 19.3. The molecule has 2 N–H and O–H groups in total. The van der Waals surface area contributed by atoms with Gasteiger partial charge in [-0.1, -0.05) is 6.07 Å². The molecular weight excluding hydrogens is 338 g/mol. The number of nitrogens with one attached hydrogen (secondary N) is 2. The van der Waals surface area contributed by atoms with E-state index in [1.807, 2.05) is 18.2 Å². The van der Waals surface area contributed by atoms with Crippen LogP contribution in [0, 0.1) is 0 Å². The van der Waals surface area contributed by atoms with Crippen molar-refractivity contribution in [3.8, 4) is 11.4 Å². The van der Waals surface area contributed by atoms with Gasteiger partial charge in [0.25, 0.3) is 6.43 Å². The van der Waals surface area contributed by atoms with Crippen LogP contribution >= 0.6 is 0 Å². The Labute approximate surface area is 149 Å². The van der Waals surface area contributed by atoms with Crippen LogP contribution in [0.25, 0.3) is 17.0 Å². The third kappa shape index (κ3) is 3.37. The zero-order valence-electron chi connectivity index (χ0n) is 14.4. The highest BCUT2D eigenvalue weighted by molar-refractivity contribution is 5.61. The standard InChI is InChI=1S/C18H20F2N6/c1-11-7-12(5-6-21-11)24-16-4-2-3-13(25-16)15-8-23-17-9-22-14(18(19)20)10-26(15)17/h2-4,8-12,18,21H,5-7H2,1H3,(H,24,25). The minimum absolute atomic E-state index is 0.283. The zero-order valence-corrected chi connectivity index (χ0v) is 14.4. The van der Waals surface area contributed by atoms with E-state index in [0.717, 1.165) is 25.2 Å². The summed E-state index contributed by atoms with van der Waals surface area (Å²) in [5.74, 6) is 0.777. The van der Waals surface area contributed by atoms with Crippen LogP contribution < -0.4 is 10.6 Å². The Hall–Kier alpha value is -2.61. The molecule has 4 rings (SSSR count). The second-order valence-corrected chi connectivity index (χ2v) is 6.61. The van der Waals surface area contributed by atoms with E-state index in [2.05, 4.69) is 32.5 Å². The zero-order chi connectivity index (χ0) is 18.1. The van der Waals surface area contributed by atoms with Crippen molar-refractivity contribution >= 4 is 11.5 Å². The SMILES string of the molecule is CC1CC(Nc2cccc(-c3cnc4cnc(C(F)F)cn34)n2)CCN1. The van der Waals surface area contributed by atoms with Crippen molar-refractivity contribution < 1.29 is 8.78 Å². The first-order valence-corrected chi connectivity index (χ1v) is 8.68. The Morgan fingerprint density at radius 3 is 2.96 bits per heavy atom. The number of imidazole rings is 1. The number of piperidine rings is 1. The molecule has 26 heavy (non-hydrogen) atoms. The van der Waals surface area contributed by atoms with Crippen LogP contribution in [0.4, 0.5) is 14.6 Å². The molecule has 0 amide bonds. The lowest BCUT2D eigenvalue weighted by molar-refractivity contribution is 0.145. The molecule has 0 aromatic carbocycles. The number of rotatable bonds is 4. The number of hydrogen-bond acceptors (Lipinski definition) is 5. The van der Waals surface area contributed by atoms with E-state index in [9.17, 15) is 8.78 Å². The second kappa shape index (κ2) is 6.95. The van der Waals surface area contributed by atoms with Gasteiger partial charge in [-0.3, -0.25) is 4.40 Å². The van der Waals surface area contributed by atoms with Gasteiger partial charge in [-0.2, -0.15) is 0 Å². The van der Waals surface area contributed by atoms with E-state index in [0.29, 0.717) is 29.1 Å². The van der Waals surface area contributed by atoms with Gasteiger partial charge in [-0.05, 0) is 38.4 Å². The predicted molar refractivity (Wildman–Crippen MR) is 95.3 cm³/mol. The summed E-state index contributed by atoms with van der Waals surface area (Å²) in [7, 11) is 0. The number of hydrogen-bond donors (Lipinski definition) is 2. The van der Waals surface area contributed by atoms with Crippen molar-refractivity contribution in [3.05, 3.63) is 42.5 Å². The predicted octanol–water partition coefficient (Wildman–Crippen LogP) is 3.28. The fourth-order valence-corrected chi connectivity index (χ4v) is 3.34. The normalized spacial score (nSPS) is 20.6. The monoisotopic (exact) mass is 358 g/mol. The lowest BCUT2D eigenvalue weighted by Crippen LogP contribution is -2.41. The molecule has 6 nitrogen and oxygen atoms in total.